The van der Waals surface area contributed by atoms with Gasteiger partial charge in [0.25, 0.3) is 5.91 Å². The largest absolute Gasteiger partial charge is 0.469 e. The van der Waals surface area contributed by atoms with Crippen LogP contribution in [0.1, 0.15) is 64.7 Å². The number of methoxy groups -OCH3 is 1. The molecule has 22 heavy (non-hydrogen) atoms. The molecule has 2 N–H and O–H groups in total. The number of aryl methyl sites for hydroxylation is 1. The number of carbonyl (C=O) groups excluding carboxylic acids is 3. The molecular formula is C16H24N2O4. The van der Waals surface area contributed by atoms with Crippen molar-refractivity contribution >= 4 is 17.7 Å². The Labute approximate surface area is 130 Å². The molecule has 0 aliphatic heterocycles. The fourth-order valence-corrected chi connectivity index (χ4v) is 2.47. The molecule has 0 spiro atoms. The molecule has 1 aromatic rings. The lowest BCUT2D eigenvalue weighted by molar-refractivity contribution is -0.140. The van der Waals surface area contributed by atoms with Gasteiger partial charge in [-0.15, -0.1) is 0 Å². The van der Waals surface area contributed by atoms with Crippen LogP contribution in [-0.2, 0) is 9.53 Å². The van der Waals surface area contributed by atoms with Crippen molar-refractivity contribution in [1.82, 2.24) is 10.3 Å². The second-order valence-corrected chi connectivity index (χ2v) is 5.32. The van der Waals surface area contributed by atoms with E-state index in [1.165, 1.54) is 14.0 Å². The van der Waals surface area contributed by atoms with Gasteiger partial charge in [0.05, 0.1) is 7.11 Å². The third-order valence-corrected chi connectivity index (χ3v) is 3.59. The monoisotopic (exact) mass is 308 g/mol. The molecule has 0 bridgehead atoms. The van der Waals surface area contributed by atoms with Crippen LogP contribution < -0.4 is 5.32 Å². The lowest BCUT2D eigenvalue weighted by Crippen LogP contribution is -2.25. The second-order valence-electron chi connectivity index (χ2n) is 5.32. The van der Waals surface area contributed by atoms with Crippen LogP contribution in [0.2, 0.25) is 0 Å². The van der Waals surface area contributed by atoms with Gasteiger partial charge in [-0.2, -0.15) is 0 Å². The molecule has 0 saturated carbocycles. The molecular weight excluding hydrogens is 284 g/mol. The van der Waals surface area contributed by atoms with E-state index >= 15 is 0 Å². The number of hydrogen-bond donors (Lipinski definition) is 2. The Morgan fingerprint density at radius 3 is 2.36 bits per heavy atom. The van der Waals surface area contributed by atoms with Crippen LogP contribution in [0.3, 0.4) is 0 Å². The highest BCUT2D eigenvalue weighted by atomic mass is 16.5. The van der Waals surface area contributed by atoms with Gasteiger partial charge in [-0.05, 0) is 39.2 Å². The third kappa shape index (κ3) is 4.72. The Balaban J connectivity index is 2.42. The normalized spacial score (nSPS) is 10.4. The first-order valence-corrected chi connectivity index (χ1v) is 7.43. The fourth-order valence-electron chi connectivity index (χ4n) is 2.47. The molecule has 6 nitrogen and oxygen atoms in total. The molecule has 0 aliphatic carbocycles. The van der Waals surface area contributed by atoms with E-state index in [0.29, 0.717) is 35.5 Å². The van der Waals surface area contributed by atoms with E-state index in [1.54, 1.807) is 13.8 Å². The SMILES string of the molecule is COC(=O)CCCCCNC(=O)c1[nH]c(C)c(C(C)=O)c1C. The van der Waals surface area contributed by atoms with Gasteiger partial charge in [-0.25, -0.2) is 0 Å². The summed E-state index contributed by atoms with van der Waals surface area (Å²) in [7, 11) is 1.37. The summed E-state index contributed by atoms with van der Waals surface area (Å²) in [4.78, 5) is 37.6. The predicted octanol–water partition coefficient (Wildman–Crippen LogP) is 2.30. The summed E-state index contributed by atoms with van der Waals surface area (Å²) in [6.45, 7) is 5.58. The Bertz CT molecular complexity index is 561. The molecule has 0 atom stereocenters. The van der Waals surface area contributed by atoms with Gasteiger partial charge in [-0.1, -0.05) is 6.42 Å². The Hall–Kier alpha value is -2.11. The minimum absolute atomic E-state index is 0.0480. The first-order valence-electron chi connectivity index (χ1n) is 7.43. The summed E-state index contributed by atoms with van der Waals surface area (Å²) >= 11 is 0. The van der Waals surface area contributed by atoms with Crippen molar-refractivity contribution in [3.63, 3.8) is 0 Å². The van der Waals surface area contributed by atoms with E-state index in [2.05, 4.69) is 15.0 Å². The number of hydrogen-bond acceptors (Lipinski definition) is 4. The zero-order valence-electron chi connectivity index (χ0n) is 13.7. The van der Waals surface area contributed by atoms with Crippen LogP contribution in [0, 0.1) is 13.8 Å². The number of ketones is 1. The Morgan fingerprint density at radius 1 is 1.14 bits per heavy atom. The maximum absolute atomic E-state index is 12.1. The number of Topliss-reactive ketones (excluding diaryl/α,β-unsaturated/α-hetero) is 1. The van der Waals surface area contributed by atoms with E-state index in [-0.39, 0.29) is 17.7 Å². The molecule has 0 saturated heterocycles. The highest BCUT2D eigenvalue weighted by Crippen LogP contribution is 2.18. The van der Waals surface area contributed by atoms with Crippen LogP contribution in [0.5, 0.6) is 0 Å². The average Bonchev–Trinajstić information content (AvgIpc) is 2.77. The minimum atomic E-state index is -0.210. The number of carbonyl (C=O) groups is 3. The van der Waals surface area contributed by atoms with E-state index in [1.807, 2.05) is 0 Å². The maximum Gasteiger partial charge on any atom is 0.305 e. The fraction of sp³-hybridized carbons (Fsp3) is 0.562. The van der Waals surface area contributed by atoms with Crippen LogP contribution in [0.15, 0.2) is 0 Å². The molecule has 0 unspecified atom stereocenters. The van der Waals surface area contributed by atoms with Gasteiger partial charge < -0.3 is 15.0 Å². The maximum atomic E-state index is 12.1. The number of rotatable bonds is 8. The third-order valence-electron chi connectivity index (χ3n) is 3.59. The van der Waals surface area contributed by atoms with Crippen LogP contribution in [-0.4, -0.2) is 36.3 Å². The number of H-pyrrole nitrogens is 1. The van der Waals surface area contributed by atoms with Gasteiger partial charge in [0.2, 0.25) is 0 Å². The summed E-state index contributed by atoms with van der Waals surface area (Å²) in [5.74, 6) is -0.465. The van der Waals surface area contributed by atoms with Gasteiger partial charge in [0, 0.05) is 24.2 Å². The first-order chi connectivity index (χ1) is 10.4. The molecule has 1 amide bonds. The molecule has 1 aromatic heterocycles. The van der Waals surface area contributed by atoms with Gasteiger partial charge in [0.1, 0.15) is 5.69 Å². The molecule has 122 valence electrons. The molecule has 0 aromatic carbocycles. The standard InChI is InChI=1S/C16H24N2O4/c1-10-14(12(3)19)11(2)18-15(10)16(21)17-9-7-5-6-8-13(20)22-4/h18H,5-9H2,1-4H3,(H,17,21). The molecule has 6 heteroatoms. The number of ether oxygens (including phenoxy) is 1. The molecule has 1 heterocycles. The van der Waals surface area contributed by atoms with Crippen molar-refractivity contribution in [2.24, 2.45) is 0 Å². The lowest BCUT2D eigenvalue weighted by Gasteiger charge is -2.05. The van der Waals surface area contributed by atoms with Crippen LogP contribution in [0.25, 0.3) is 0 Å². The summed E-state index contributed by atoms with van der Waals surface area (Å²) < 4.78 is 4.56. The van der Waals surface area contributed by atoms with E-state index in [0.717, 1.165) is 19.3 Å². The van der Waals surface area contributed by atoms with Crippen LogP contribution >= 0.6 is 0 Å². The number of aromatic nitrogens is 1. The second kappa shape index (κ2) is 8.36. The Morgan fingerprint density at radius 2 is 1.82 bits per heavy atom. The van der Waals surface area contributed by atoms with E-state index < -0.39 is 0 Å². The number of amides is 1. The van der Waals surface area contributed by atoms with Crippen LogP contribution in [0.4, 0.5) is 0 Å². The first kappa shape index (κ1) is 17.9. The number of esters is 1. The summed E-state index contributed by atoms with van der Waals surface area (Å²) in [5.41, 5.74) is 2.43. The van der Waals surface area contributed by atoms with Crippen molar-refractivity contribution in [2.75, 3.05) is 13.7 Å². The lowest BCUT2D eigenvalue weighted by atomic mass is 10.1. The molecule has 1 rings (SSSR count). The van der Waals surface area contributed by atoms with Crippen molar-refractivity contribution < 1.29 is 19.1 Å². The topological polar surface area (TPSA) is 88.3 Å². The van der Waals surface area contributed by atoms with Gasteiger partial charge >= 0.3 is 5.97 Å². The van der Waals surface area contributed by atoms with E-state index in [4.69, 9.17) is 0 Å². The summed E-state index contributed by atoms with van der Waals surface area (Å²) in [6, 6.07) is 0. The molecule has 0 fully saturated rings. The number of nitrogens with one attached hydrogen (secondary N) is 2. The number of unbranched alkanes of at least 4 members (excludes halogenated alkanes) is 2. The highest BCUT2D eigenvalue weighted by Gasteiger charge is 2.19. The summed E-state index contributed by atoms with van der Waals surface area (Å²) in [5, 5.41) is 2.82. The zero-order valence-corrected chi connectivity index (χ0v) is 13.7. The number of aromatic amines is 1. The van der Waals surface area contributed by atoms with E-state index in [9.17, 15) is 14.4 Å². The highest BCUT2D eigenvalue weighted by molar-refractivity contribution is 6.02. The van der Waals surface area contributed by atoms with Crippen molar-refractivity contribution in [1.29, 1.82) is 0 Å². The Kier molecular flexibility index (Phi) is 6.82. The van der Waals surface area contributed by atoms with Gasteiger partial charge in [0.15, 0.2) is 5.78 Å². The van der Waals surface area contributed by atoms with Crippen molar-refractivity contribution in [3.05, 3.63) is 22.5 Å². The van der Waals surface area contributed by atoms with Crippen molar-refractivity contribution in [2.45, 2.75) is 46.5 Å². The average molecular weight is 308 g/mol. The summed E-state index contributed by atoms with van der Waals surface area (Å²) in [6.07, 6.45) is 2.79. The molecule has 0 aliphatic rings. The van der Waals surface area contributed by atoms with Gasteiger partial charge in [-0.3, -0.25) is 14.4 Å². The zero-order chi connectivity index (χ0) is 16.7. The minimum Gasteiger partial charge on any atom is -0.469 e. The molecule has 0 radical (unpaired) electrons. The quantitative estimate of drug-likeness (QED) is 0.438. The van der Waals surface area contributed by atoms with Crippen molar-refractivity contribution in [3.8, 4) is 0 Å². The smallest absolute Gasteiger partial charge is 0.305 e. The predicted molar refractivity (Wildman–Crippen MR) is 83.1 cm³/mol.